The Balaban J connectivity index is 1.95. The zero-order chi connectivity index (χ0) is 12.8. The van der Waals surface area contributed by atoms with E-state index < -0.39 is 0 Å². The maximum atomic E-state index is 12.6. The van der Waals surface area contributed by atoms with Gasteiger partial charge in [-0.1, -0.05) is 5.22 Å². The Morgan fingerprint density at radius 2 is 1.67 bits per heavy atom. The van der Waals surface area contributed by atoms with Crippen LogP contribution in [0.2, 0.25) is 0 Å². The van der Waals surface area contributed by atoms with Crippen LogP contribution in [0.5, 0.6) is 5.75 Å². The zero-order valence-electron chi connectivity index (χ0n) is 9.80. The largest absolute Gasteiger partial charge is 0.497 e. The number of rotatable bonds is 4. The summed E-state index contributed by atoms with van der Waals surface area (Å²) in [5, 5.41) is 7.71. The molecule has 5 heteroatoms. The quantitative estimate of drug-likeness (QED) is 0.655. The van der Waals surface area contributed by atoms with Crippen molar-refractivity contribution in [1.29, 1.82) is 0 Å². The van der Waals surface area contributed by atoms with Gasteiger partial charge in [-0.3, -0.25) is 5.43 Å². The Morgan fingerprint density at radius 3 is 2.28 bits per heavy atom. The van der Waals surface area contributed by atoms with Crippen LogP contribution in [0.3, 0.4) is 0 Å². The summed E-state index contributed by atoms with van der Waals surface area (Å²) in [6.07, 6.45) is 0. The van der Waals surface area contributed by atoms with Gasteiger partial charge >= 0.3 is 0 Å². The molecule has 0 radical (unpaired) electrons. The second-order valence-electron chi connectivity index (χ2n) is 3.52. The van der Waals surface area contributed by atoms with E-state index in [-0.39, 0.29) is 5.82 Å². The molecule has 0 fully saturated rings. The first-order chi connectivity index (χ1) is 8.78. The van der Waals surface area contributed by atoms with Gasteiger partial charge in [0, 0.05) is 0 Å². The Kier molecular flexibility index (Phi) is 3.86. The van der Waals surface area contributed by atoms with Crippen molar-refractivity contribution in [3.05, 3.63) is 54.3 Å². The second kappa shape index (κ2) is 5.77. The number of hydrogen-bond acceptors (Lipinski definition) is 3. The summed E-state index contributed by atoms with van der Waals surface area (Å²) in [7, 11) is 1.61. The van der Waals surface area contributed by atoms with Crippen molar-refractivity contribution in [2.45, 2.75) is 0 Å². The van der Waals surface area contributed by atoms with E-state index in [1.54, 1.807) is 19.2 Å². The molecule has 0 spiro atoms. The molecule has 0 saturated carbocycles. The van der Waals surface area contributed by atoms with Gasteiger partial charge in [-0.2, -0.15) is 0 Å². The molecule has 0 aliphatic heterocycles. The minimum Gasteiger partial charge on any atom is -0.497 e. The summed E-state index contributed by atoms with van der Waals surface area (Å²) in [6, 6.07) is 13.0. The highest BCUT2D eigenvalue weighted by Gasteiger charge is 1.93. The average Bonchev–Trinajstić information content (AvgIpc) is 2.42. The predicted molar refractivity (Wildman–Crippen MR) is 67.5 cm³/mol. The van der Waals surface area contributed by atoms with E-state index in [1.807, 2.05) is 24.3 Å². The van der Waals surface area contributed by atoms with Crippen molar-refractivity contribution in [1.82, 2.24) is 0 Å². The van der Waals surface area contributed by atoms with Crippen LogP contribution in [-0.2, 0) is 0 Å². The van der Waals surface area contributed by atoms with Crippen LogP contribution < -0.4 is 10.2 Å². The molecule has 2 rings (SSSR count). The first kappa shape index (κ1) is 12.0. The molecule has 0 saturated heterocycles. The fourth-order valence-electron chi connectivity index (χ4n) is 1.31. The molecule has 92 valence electrons. The van der Waals surface area contributed by atoms with Crippen LogP contribution in [0.4, 0.5) is 15.8 Å². The zero-order valence-corrected chi connectivity index (χ0v) is 9.80. The van der Waals surface area contributed by atoms with Crippen molar-refractivity contribution in [2.75, 3.05) is 12.5 Å². The van der Waals surface area contributed by atoms with E-state index in [0.29, 0.717) is 5.69 Å². The van der Waals surface area contributed by atoms with Gasteiger partial charge in [0.05, 0.1) is 18.5 Å². The number of methoxy groups -OCH3 is 1. The molecular weight excluding hydrogens is 233 g/mol. The highest BCUT2D eigenvalue weighted by Crippen LogP contribution is 2.16. The van der Waals surface area contributed by atoms with E-state index >= 15 is 0 Å². The third-order valence-corrected chi connectivity index (χ3v) is 2.26. The van der Waals surface area contributed by atoms with Crippen molar-refractivity contribution >= 4 is 11.4 Å². The fraction of sp³-hybridized carbons (Fsp3) is 0.0769. The number of halogens is 1. The van der Waals surface area contributed by atoms with E-state index in [4.69, 9.17) is 4.74 Å². The lowest BCUT2D eigenvalue weighted by atomic mass is 10.3. The topological polar surface area (TPSA) is 46.0 Å². The first-order valence-corrected chi connectivity index (χ1v) is 5.34. The standard InChI is InChI=1S/C13H12FN3O/c1-18-13-8-6-12(7-9-13)16-17-15-11-4-2-10(14)3-5-11/h2-9H,1H3,(H,15,16). The Hall–Kier alpha value is -2.43. The third-order valence-electron chi connectivity index (χ3n) is 2.26. The Morgan fingerprint density at radius 1 is 1.00 bits per heavy atom. The maximum Gasteiger partial charge on any atom is 0.123 e. The van der Waals surface area contributed by atoms with Crippen LogP contribution >= 0.6 is 0 Å². The van der Waals surface area contributed by atoms with E-state index in [9.17, 15) is 4.39 Å². The third kappa shape index (κ3) is 3.28. The van der Waals surface area contributed by atoms with E-state index in [2.05, 4.69) is 15.8 Å². The summed E-state index contributed by atoms with van der Waals surface area (Å²) in [4.78, 5) is 0. The molecule has 0 aliphatic carbocycles. The lowest BCUT2D eigenvalue weighted by molar-refractivity contribution is 0.415. The summed E-state index contributed by atoms with van der Waals surface area (Å²) < 4.78 is 17.7. The summed E-state index contributed by atoms with van der Waals surface area (Å²) >= 11 is 0. The summed E-state index contributed by atoms with van der Waals surface area (Å²) in [5.74, 6) is 0.480. The van der Waals surface area contributed by atoms with Crippen LogP contribution in [0.1, 0.15) is 0 Å². The van der Waals surface area contributed by atoms with E-state index in [1.165, 1.54) is 12.1 Å². The summed E-state index contributed by atoms with van der Waals surface area (Å²) in [6.45, 7) is 0. The molecule has 0 aliphatic rings. The van der Waals surface area contributed by atoms with Crippen LogP contribution in [0.15, 0.2) is 58.9 Å². The maximum absolute atomic E-state index is 12.6. The predicted octanol–water partition coefficient (Wildman–Crippen LogP) is 3.95. The number of nitrogens with one attached hydrogen (secondary N) is 1. The molecule has 0 unspecified atom stereocenters. The van der Waals surface area contributed by atoms with Gasteiger partial charge in [0.15, 0.2) is 0 Å². The number of nitrogens with zero attached hydrogens (tertiary/aromatic N) is 2. The molecular formula is C13H12FN3O. The van der Waals surface area contributed by atoms with Crippen molar-refractivity contribution < 1.29 is 9.13 Å². The molecule has 4 nitrogen and oxygen atoms in total. The molecule has 2 aromatic rings. The molecule has 0 atom stereocenters. The Labute approximate surface area is 104 Å². The minimum absolute atomic E-state index is 0.294. The van der Waals surface area contributed by atoms with Crippen LogP contribution in [-0.4, -0.2) is 7.11 Å². The molecule has 18 heavy (non-hydrogen) atoms. The second-order valence-corrected chi connectivity index (χ2v) is 3.52. The number of anilines is 1. The number of hydrogen-bond donors (Lipinski definition) is 1. The Bertz CT molecular complexity index is 523. The number of benzene rings is 2. The monoisotopic (exact) mass is 245 g/mol. The molecule has 0 bridgehead atoms. The van der Waals surface area contributed by atoms with Gasteiger partial charge in [-0.05, 0) is 48.5 Å². The summed E-state index contributed by atoms with van der Waals surface area (Å²) in [5.41, 5.74) is 4.14. The molecule has 1 N–H and O–H groups in total. The van der Waals surface area contributed by atoms with Gasteiger partial charge in [0.1, 0.15) is 11.6 Å². The van der Waals surface area contributed by atoms with Gasteiger partial charge < -0.3 is 4.74 Å². The SMILES string of the molecule is COc1ccc(NN=Nc2ccc(F)cc2)cc1. The number of ether oxygens (including phenoxy) is 1. The molecule has 0 heterocycles. The lowest BCUT2D eigenvalue weighted by Gasteiger charge is -2.01. The average molecular weight is 245 g/mol. The van der Waals surface area contributed by atoms with E-state index in [0.717, 1.165) is 11.4 Å². The van der Waals surface area contributed by atoms with Gasteiger partial charge in [-0.25, -0.2) is 4.39 Å². The fourth-order valence-corrected chi connectivity index (χ4v) is 1.31. The van der Waals surface area contributed by atoms with Gasteiger partial charge in [0.2, 0.25) is 0 Å². The van der Waals surface area contributed by atoms with Crippen molar-refractivity contribution in [2.24, 2.45) is 10.3 Å². The molecule has 0 aromatic heterocycles. The highest BCUT2D eigenvalue weighted by atomic mass is 19.1. The van der Waals surface area contributed by atoms with Gasteiger partial charge in [-0.15, -0.1) is 5.11 Å². The smallest absolute Gasteiger partial charge is 0.123 e. The lowest BCUT2D eigenvalue weighted by Crippen LogP contribution is -1.87. The minimum atomic E-state index is -0.294. The van der Waals surface area contributed by atoms with Crippen LogP contribution in [0.25, 0.3) is 0 Å². The van der Waals surface area contributed by atoms with Crippen molar-refractivity contribution in [3.8, 4) is 5.75 Å². The van der Waals surface area contributed by atoms with Gasteiger partial charge in [0.25, 0.3) is 0 Å². The van der Waals surface area contributed by atoms with Crippen molar-refractivity contribution in [3.63, 3.8) is 0 Å². The van der Waals surface area contributed by atoms with Crippen LogP contribution in [0, 0.1) is 5.82 Å². The highest BCUT2D eigenvalue weighted by molar-refractivity contribution is 5.45. The first-order valence-electron chi connectivity index (χ1n) is 5.34. The molecule has 2 aromatic carbocycles. The molecule has 0 amide bonds. The normalized spacial score (nSPS) is 10.6.